The van der Waals surface area contributed by atoms with Crippen LogP contribution in [0.4, 0.5) is 0 Å². The van der Waals surface area contributed by atoms with Gasteiger partial charge in [0, 0.05) is 28.3 Å². The van der Waals surface area contributed by atoms with Crippen molar-refractivity contribution in [3.63, 3.8) is 0 Å². The van der Waals surface area contributed by atoms with Crippen LogP contribution >= 0.6 is 0 Å². The molecule has 2 rings (SSSR count). The Balaban J connectivity index is 1.78. The lowest BCUT2D eigenvalue weighted by molar-refractivity contribution is 0.363. The molecule has 2 N–H and O–H groups in total. The zero-order chi connectivity index (χ0) is 10.1. The van der Waals surface area contributed by atoms with Gasteiger partial charge in [-0.05, 0) is 43.9 Å². The SMILES string of the molecule is CC(N)CS(=O)CC1CC2CCC1C2. The second-order valence-corrected chi connectivity index (χ2v) is 6.73. The Morgan fingerprint density at radius 1 is 1.43 bits per heavy atom. The number of fused-ring (bicyclic) bond motifs is 2. The minimum Gasteiger partial charge on any atom is -0.327 e. The molecule has 2 fully saturated rings. The molecule has 0 heterocycles. The number of rotatable bonds is 4. The molecule has 2 aliphatic rings. The lowest BCUT2D eigenvalue weighted by Gasteiger charge is -2.21. The summed E-state index contributed by atoms with van der Waals surface area (Å²) in [7, 11) is -0.667. The van der Waals surface area contributed by atoms with Gasteiger partial charge in [-0.15, -0.1) is 0 Å². The first-order valence-electron chi connectivity index (χ1n) is 5.75. The fourth-order valence-electron chi connectivity index (χ4n) is 3.18. The molecule has 5 unspecified atom stereocenters. The van der Waals surface area contributed by atoms with Crippen LogP contribution in [0.25, 0.3) is 0 Å². The highest BCUT2D eigenvalue weighted by Crippen LogP contribution is 2.48. The lowest BCUT2D eigenvalue weighted by Crippen LogP contribution is -2.27. The van der Waals surface area contributed by atoms with Crippen molar-refractivity contribution in [1.82, 2.24) is 0 Å². The van der Waals surface area contributed by atoms with Crippen molar-refractivity contribution in [2.45, 2.75) is 38.6 Å². The van der Waals surface area contributed by atoms with Crippen LogP contribution in [0.5, 0.6) is 0 Å². The quantitative estimate of drug-likeness (QED) is 0.772. The van der Waals surface area contributed by atoms with E-state index in [0.29, 0.717) is 5.75 Å². The van der Waals surface area contributed by atoms with Crippen molar-refractivity contribution >= 4 is 10.8 Å². The molecule has 0 aromatic carbocycles. The highest BCUT2D eigenvalue weighted by Gasteiger charge is 2.39. The Kier molecular flexibility index (Phi) is 3.27. The van der Waals surface area contributed by atoms with Crippen molar-refractivity contribution in [2.75, 3.05) is 11.5 Å². The van der Waals surface area contributed by atoms with Crippen LogP contribution in [0, 0.1) is 17.8 Å². The van der Waals surface area contributed by atoms with Crippen LogP contribution in [0.15, 0.2) is 0 Å². The first-order valence-corrected chi connectivity index (χ1v) is 7.24. The molecular weight excluding hydrogens is 194 g/mol. The molecule has 2 aliphatic carbocycles. The first-order chi connectivity index (χ1) is 6.65. The maximum atomic E-state index is 11.7. The molecule has 0 saturated heterocycles. The normalized spacial score (nSPS) is 40.0. The fourth-order valence-corrected chi connectivity index (χ4v) is 4.79. The fraction of sp³-hybridized carbons (Fsp3) is 1.00. The van der Waals surface area contributed by atoms with Gasteiger partial charge in [0.1, 0.15) is 0 Å². The zero-order valence-electron chi connectivity index (χ0n) is 8.95. The standard InChI is InChI=1S/C11H21NOS/c1-8(12)6-14(13)7-11-5-9-2-3-10(11)4-9/h8-11H,2-7,12H2,1H3. The summed E-state index contributed by atoms with van der Waals surface area (Å²) in [6, 6.07) is 0.0921. The van der Waals surface area contributed by atoms with Crippen molar-refractivity contribution in [3.05, 3.63) is 0 Å². The molecular formula is C11H21NOS. The molecule has 0 radical (unpaired) electrons. The van der Waals surface area contributed by atoms with Gasteiger partial charge in [0.2, 0.25) is 0 Å². The van der Waals surface area contributed by atoms with Crippen LogP contribution < -0.4 is 5.73 Å². The maximum absolute atomic E-state index is 11.7. The van der Waals surface area contributed by atoms with E-state index >= 15 is 0 Å². The average molecular weight is 215 g/mol. The Hall–Kier alpha value is 0.110. The van der Waals surface area contributed by atoms with E-state index in [2.05, 4.69) is 0 Å². The molecule has 3 heteroatoms. The molecule has 0 aliphatic heterocycles. The van der Waals surface area contributed by atoms with E-state index in [1.807, 2.05) is 6.92 Å². The zero-order valence-corrected chi connectivity index (χ0v) is 9.76. The summed E-state index contributed by atoms with van der Waals surface area (Å²) in [5.74, 6) is 4.24. The van der Waals surface area contributed by atoms with Crippen molar-refractivity contribution in [1.29, 1.82) is 0 Å². The molecule has 5 atom stereocenters. The van der Waals surface area contributed by atoms with Crippen LogP contribution in [0.3, 0.4) is 0 Å². The summed E-state index contributed by atoms with van der Waals surface area (Å²) in [5, 5.41) is 0. The van der Waals surface area contributed by atoms with Gasteiger partial charge in [0.15, 0.2) is 0 Å². The van der Waals surface area contributed by atoms with Crippen molar-refractivity contribution in [3.8, 4) is 0 Å². The minimum absolute atomic E-state index is 0.0921. The van der Waals surface area contributed by atoms with Gasteiger partial charge >= 0.3 is 0 Å². The van der Waals surface area contributed by atoms with Gasteiger partial charge in [0.25, 0.3) is 0 Å². The Bertz CT molecular complexity index is 229. The van der Waals surface area contributed by atoms with Gasteiger partial charge in [-0.2, -0.15) is 0 Å². The van der Waals surface area contributed by atoms with Crippen LogP contribution in [0.2, 0.25) is 0 Å². The molecule has 2 bridgehead atoms. The maximum Gasteiger partial charge on any atom is 0.0384 e. The van der Waals surface area contributed by atoms with E-state index in [9.17, 15) is 4.21 Å². The van der Waals surface area contributed by atoms with E-state index in [4.69, 9.17) is 5.73 Å². The summed E-state index contributed by atoms with van der Waals surface area (Å²) >= 11 is 0. The third-order valence-electron chi connectivity index (χ3n) is 3.73. The molecule has 14 heavy (non-hydrogen) atoms. The van der Waals surface area contributed by atoms with Gasteiger partial charge in [-0.1, -0.05) is 6.42 Å². The number of hydrogen-bond donors (Lipinski definition) is 1. The van der Waals surface area contributed by atoms with E-state index in [0.717, 1.165) is 23.5 Å². The lowest BCUT2D eigenvalue weighted by atomic mass is 9.90. The summed E-state index contributed by atoms with van der Waals surface area (Å²) in [6.07, 6.45) is 5.58. The summed E-state index contributed by atoms with van der Waals surface area (Å²) < 4.78 is 11.7. The molecule has 2 nitrogen and oxygen atoms in total. The van der Waals surface area contributed by atoms with Crippen LogP contribution in [-0.2, 0) is 10.8 Å². The van der Waals surface area contributed by atoms with Crippen molar-refractivity contribution < 1.29 is 4.21 Å². The largest absolute Gasteiger partial charge is 0.327 e. The smallest absolute Gasteiger partial charge is 0.0384 e. The Labute approximate surface area is 89.1 Å². The third kappa shape index (κ3) is 2.37. The molecule has 0 aromatic heterocycles. The second-order valence-electron chi connectivity index (χ2n) is 5.19. The van der Waals surface area contributed by atoms with Crippen molar-refractivity contribution in [2.24, 2.45) is 23.5 Å². The minimum atomic E-state index is -0.667. The van der Waals surface area contributed by atoms with E-state index < -0.39 is 10.8 Å². The van der Waals surface area contributed by atoms with E-state index in [1.54, 1.807) is 0 Å². The monoisotopic (exact) mass is 215 g/mol. The molecule has 82 valence electrons. The van der Waals surface area contributed by atoms with Gasteiger partial charge < -0.3 is 5.73 Å². The van der Waals surface area contributed by atoms with Gasteiger partial charge in [-0.3, -0.25) is 4.21 Å². The third-order valence-corrected chi connectivity index (χ3v) is 5.43. The summed E-state index contributed by atoms with van der Waals surface area (Å²) in [4.78, 5) is 0. The van der Waals surface area contributed by atoms with Gasteiger partial charge in [-0.25, -0.2) is 0 Å². The molecule has 0 spiro atoms. The summed E-state index contributed by atoms with van der Waals surface area (Å²) in [5.41, 5.74) is 5.65. The number of nitrogens with two attached hydrogens (primary N) is 1. The molecule has 0 aromatic rings. The van der Waals surface area contributed by atoms with Gasteiger partial charge in [0.05, 0.1) is 0 Å². The average Bonchev–Trinajstić information content (AvgIpc) is 2.62. The highest BCUT2D eigenvalue weighted by molar-refractivity contribution is 7.85. The predicted molar refractivity (Wildman–Crippen MR) is 60.5 cm³/mol. The topological polar surface area (TPSA) is 43.1 Å². The highest BCUT2D eigenvalue weighted by atomic mass is 32.2. The Morgan fingerprint density at radius 3 is 2.71 bits per heavy atom. The predicted octanol–water partition coefficient (Wildman–Crippen LogP) is 1.52. The van der Waals surface area contributed by atoms with Crippen LogP contribution in [0.1, 0.15) is 32.6 Å². The number of hydrogen-bond acceptors (Lipinski definition) is 2. The molecule has 2 saturated carbocycles. The Morgan fingerprint density at radius 2 is 2.21 bits per heavy atom. The van der Waals surface area contributed by atoms with E-state index in [-0.39, 0.29) is 6.04 Å². The van der Waals surface area contributed by atoms with E-state index in [1.165, 1.54) is 25.7 Å². The van der Waals surface area contributed by atoms with Crippen LogP contribution in [-0.4, -0.2) is 21.8 Å². The molecule has 0 amide bonds. The first kappa shape index (κ1) is 10.6. The second kappa shape index (κ2) is 4.31. The summed E-state index contributed by atoms with van der Waals surface area (Å²) in [6.45, 7) is 1.94.